The summed E-state index contributed by atoms with van der Waals surface area (Å²) < 4.78 is 29.5. The van der Waals surface area contributed by atoms with E-state index in [2.05, 4.69) is 4.90 Å². The fourth-order valence-corrected chi connectivity index (χ4v) is 3.34. The van der Waals surface area contributed by atoms with Crippen LogP contribution in [0.2, 0.25) is 0 Å². The average Bonchev–Trinajstić information content (AvgIpc) is 2.82. The van der Waals surface area contributed by atoms with Crippen LogP contribution in [-0.4, -0.2) is 81.0 Å². The van der Waals surface area contributed by atoms with E-state index in [1.807, 2.05) is 0 Å². The van der Waals surface area contributed by atoms with Gasteiger partial charge in [-0.05, 0) is 6.42 Å². The first-order valence-electron chi connectivity index (χ1n) is 6.40. The van der Waals surface area contributed by atoms with E-state index >= 15 is 0 Å². The van der Waals surface area contributed by atoms with E-state index in [4.69, 9.17) is 4.74 Å². The van der Waals surface area contributed by atoms with Gasteiger partial charge in [0.25, 0.3) is 0 Å². The van der Waals surface area contributed by atoms with Gasteiger partial charge >= 0.3 is 0 Å². The Morgan fingerprint density at radius 3 is 2.50 bits per heavy atom. The number of hydrogen-bond donors (Lipinski definition) is 1. The second kappa shape index (κ2) is 5.83. The molecule has 2 atom stereocenters. The Morgan fingerprint density at radius 1 is 1.33 bits per heavy atom. The number of hydrogen-bond acceptors (Lipinski definition) is 5. The molecule has 0 bridgehead atoms. The quantitative estimate of drug-likeness (QED) is 0.711. The first kappa shape index (κ1) is 14.2. The third kappa shape index (κ3) is 3.64. The molecular weight excluding hydrogens is 256 g/mol. The van der Waals surface area contributed by atoms with Gasteiger partial charge in [0.2, 0.25) is 10.0 Å². The van der Waals surface area contributed by atoms with Crippen LogP contribution in [0.5, 0.6) is 0 Å². The highest BCUT2D eigenvalue weighted by atomic mass is 32.2. The first-order chi connectivity index (χ1) is 8.47. The standard InChI is InChI=1S/C11H22N2O4S/c1-18(15,16)13-5-3-12(4-6-13)8-11(14)10-2-7-17-9-10/h10-11,14H,2-9H2,1H3. The van der Waals surface area contributed by atoms with E-state index in [1.165, 1.54) is 10.6 Å². The number of piperazine rings is 1. The molecule has 0 aromatic rings. The van der Waals surface area contributed by atoms with Gasteiger partial charge in [0, 0.05) is 45.2 Å². The van der Waals surface area contributed by atoms with Gasteiger partial charge in [0.05, 0.1) is 19.0 Å². The van der Waals surface area contributed by atoms with Gasteiger partial charge in [-0.1, -0.05) is 0 Å². The van der Waals surface area contributed by atoms with Gasteiger partial charge in [0.15, 0.2) is 0 Å². The van der Waals surface area contributed by atoms with Crippen molar-refractivity contribution in [3.63, 3.8) is 0 Å². The van der Waals surface area contributed by atoms with Crippen molar-refractivity contribution in [2.24, 2.45) is 5.92 Å². The first-order valence-corrected chi connectivity index (χ1v) is 8.25. The fraction of sp³-hybridized carbons (Fsp3) is 1.00. The van der Waals surface area contributed by atoms with Crippen LogP contribution in [0.3, 0.4) is 0 Å². The normalized spacial score (nSPS) is 29.6. The van der Waals surface area contributed by atoms with Crippen molar-refractivity contribution >= 4 is 10.0 Å². The molecule has 18 heavy (non-hydrogen) atoms. The van der Waals surface area contributed by atoms with Crippen LogP contribution < -0.4 is 0 Å². The number of nitrogens with zero attached hydrogens (tertiary/aromatic N) is 2. The molecule has 0 aliphatic carbocycles. The van der Waals surface area contributed by atoms with Gasteiger partial charge in [0.1, 0.15) is 0 Å². The monoisotopic (exact) mass is 278 g/mol. The lowest BCUT2D eigenvalue weighted by Gasteiger charge is -2.35. The number of aliphatic hydroxyl groups is 1. The molecule has 1 N–H and O–H groups in total. The SMILES string of the molecule is CS(=O)(=O)N1CCN(CC(O)C2CCOC2)CC1. The molecule has 0 spiro atoms. The van der Waals surface area contributed by atoms with Crippen molar-refractivity contribution in [3.8, 4) is 0 Å². The van der Waals surface area contributed by atoms with E-state index in [0.29, 0.717) is 39.3 Å². The molecule has 2 heterocycles. The lowest BCUT2D eigenvalue weighted by atomic mass is 10.0. The zero-order valence-electron chi connectivity index (χ0n) is 10.8. The highest BCUT2D eigenvalue weighted by Gasteiger charge is 2.28. The molecule has 0 aromatic heterocycles. The molecular formula is C11H22N2O4S. The van der Waals surface area contributed by atoms with Crippen molar-refractivity contribution in [2.75, 3.05) is 52.2 Å². The van der Waals surface area contributed by atoms with Crippen LogP contribution in [0, 0.1) is 5.92 Å². The summed E-state index contributed by atoms with van der Waals surface area (Å²) in [5.41, 5.74) is 0. The Labute approximate surface area is 109 Å². The van der Waals surface area contributed by atoms with Crippen molar-refractivity contribution < 1.29 is 18.3 Å². The second-order valence-electron chi connectivity index (χ2n) is 5.15. The van der Waals surface area contributed by atoms with Crippen LogP contribution >= 0.6 is 0 Å². The summed E-state index contributed by atoms with van der Waals surface area (Å²) in [7, 11) is -3.07. The summed E-state index contributed by atoms with van der Waals surface area (Å²) >= 11 is 0. The van der Waals surface area contributed by atoms with Crippen LogP contribution in [-0.2, 0) is 14.8 Å². The molecule has 2 unspecified atom stereocenters. The summed E-state index contributed by atoms with van der Waals surface area (Å²) in [6, 6.07) is 0. The molecule has 2 saturated heterocycles. The number of sulfonamides is 1. The molecule has 2 aliphatic heterocycles. The summed E-state index contributed by atoms with van der Waals surface area (Å²) in [5.74, 6) is 0.234. The van der Waals surface area contributed by atoms with E-state index in [-0.39, 0.29) is 12.0 Å². The maximum atomic E-state index is 11.4. The van der Waals surface area contributed by atoms with Gasteiger partial charge < -0.3 is 9.84 Å². The number of β-amino-alcohol motifs (C(OH)–C–C–N with tert-alkyl or cyclic N) is 1. The summed E-state index contributed by atoms with van der Waals surface area (Å²) in [4.78, 5) is 2.13. The third-order valence-corrected chi connectivity index (χ3v) is 5.06. The van der Waals surface area contributed by atoms with Crippen LogP contribution in [0.15, 0.2) is 0 Å². The smallest absolute Gasteiger partial charge is 0.211 e. The second-order valence-corrected chi connectivity index (χ2v) is 7.14. The largest absolute Gasteiger partial charge is 0.391 e. The van der Waals surface area contributed by atoms with Gasteiger partial charge in [-0.25, -0.2) is 8.42 Å². The number of aliphatic hydroxyl groups excluding tert-OH is 1. The van der Waals surface area contributed by atoms with Crippen molar-refractivity contribution in [1.82, 2.24) is 9.21 Å². The lowest BCUT2D eigenvalue weighted by molar-refractivity contribution is 0.0459. The molecule has 2 aliphatic rings. The van der Waals surface area contributed by atoms with Crippen molar-refractivity contribution in [1.29, 1.82) is 0 Å². The molecule has 0 saturated carbocycles. The Kier molecular flexibility index (Phi) is 4.60. The maximum Gasteiger partial charge on any atom is 0.211 e. The van der Waals surface area contributed by atoms with Crippen molar-refractivity contribution in [2.45, 2.75) is 12.5 Å². The molecule has 0 amide bonds. The fourth-order valence-electron chi connectivity index (χ4n) is 2.51. The number of ether oxygens (including phenoxy) is 1. The van der Waals surface area contributed by atoms with Crippen molar-refractivity contribution in [3.05, 3.63) is 0 Å². The maximum absolute atomic E-state index is 11.4. The summed E-state index contributed by atoms with van der Waals surface area (Å²) in [6.45, 7) is 4.43. The molecule has 6 nitrogen and oxygen atoms in total. The van der Waals surface area contributed by atoms with Gasteiger partial charge in [-0.3, -0.25) is 4.90 Å². The molecule has 7 heteroatoms. The highest BCUT2D eigenvalue weighted by Crippen LogP contribution is 2.18. The minimum Gasteiger partial charge on any atom is -0.391 e. The number of rotatable bonds is 4. The molecule has 0 aromatic carbocycles. The topological polar surface area (TPSA) is 70.1 Å². The lowest BCUT2D eigenvalue weighted by Crippen LogP contribution is -2.50. The summed E-state index contributed by atoms with van der Waals surface area (Å²) in [6.07, 6.45) is 1.80. The molecule has 106 valence electrons. The predicted octanol–water partition coefficient (Wildman–Crippen LogP) is -1.04. The highest BCUT2D eigenvalue weighted by molar-refractivity contribution is 7.88. The Balaban J connectivity index is 1.76. The molecule has 0 radical (unpaired) electrons. The Hall–Kier alpha value is -0.210. The van der Waals surface area contributed by atoms with E-state index in [9.17, 15) is 13.5 Å². The average molecular weight is 278 g/mol. The van der Waals surface area contributed by atoms with Crippen LogP contribution in [0.25, 0.3) is 0 Å². The third-order valence-electron chi connectivity index (χ3n) is 3.75. The van der Waals surface area contributed by atoms with Gasteiger partial charge in [-0.15, -0.1) is 0 Å². The van der Waals surface area contributed by atoms with E-state index in [0.717, 1.165) is 13.0 Å². The van der Waals surface area contributed by atoms with E-state index < -0.39 is 10.0 Å². The minimum atomic E-state index is -3.07. The van der Waals surface area contributed by atoms with Crippen LogP contribution in [0.1, 0.15) is 6.42 Å². The Bertz CT molecular complexity index is 359. The zero-order chi connectivity index (χ0) is 13.2. The Morgan fingerprint density at radius 2 is 2.00 bits per heavy atom. The van der Waals surface area contributed by atoms with E-state index in [1.54, 1.807) is 0 Å². The molecule has 2 fully saturated rings. The zero-order valence-corrected chi connectivity index (χ0v) is 11.6. The summed E-state index contributed by atoms with van der Waals surface area (Å²) in [5, 5.41) is 10.1. The predicted molar refractivity (Wildman–Crippen MR) is 67.8 cm³/mol. The molecule has 2 rings (SSSR count). The van der Waals surface area contributed by atoms with Crippen LogP contribution in [0.4, 0.5) is 0 Å². The minimum absolute atomic E-state index is 0.234. The van der Waals surface area contributed by atoms with Gasteiger partial charge in [-0.2, -0.15) is 4.31 Å².